The SMILES string of the molecule is CC(C)OC1CCN(C(=O)NC2CCCC2)CC1. The molecule has 1 aliphatic carbocycles. The number of carbonyl (C=O) groups is 1. The van der Waals surface area contributed by atoms with Crippen molar-refractivity contribution in [3.05, 3.63) is 0 Å². The van der Waals surface area contributed by atoms with Crippen LogP contribution in [0.5, 0.6) is 0 Å². The van der Waals surface area contributed by atoms with E-state index >= 15 is 0 Å². The molecular formula is C14H26N2O2. The third-order valence-corrected chi connectivity index (χ3v) is 3.88. The van der Waals surface area contributed by atoms with Crippen LogP contribution in [0.1, 0.15) is 52.4 Å². The summed E-state index contributed by atoms with van der Waals surface area (Å²) in [5, 5.41) is 3.15. The molecule has 2 aliphatic rings. The lowest BCUT2D eigenvalue weighted by Gasteiger charge is -2.33. The van der Waals surface area contributed by atoms with Gasteiger partial charge >= 0.3 is 6.03 Å². The lowest BCUT2D eigenvalue weighted by atomic mass is 10.1. The summed E-state index contributed by atoms with van der Waals surface area (Å²) < 4.78 is 5.79. The number of ether oxygens (including phenoxy) is 1. The number of likely N-dealkylation sites (tertiary alicyclic amines) is 1. The van der Waals surface area contributed by atoms with Crippen LogP contribution < -0.4 is 5.32 Å². The standard InChI is InChI=1S/C14H26N2O2/c1-11(2)18-13-7-9-16(10-8-13)14(17)15-12-5-3-4-6-12/h11-13H,3-10H2,1-2H3,(H,15,17). The molecular weight excluding hydrogens is 228 g/mol. The zero-order valence-corrected chi connectivity index (χ0v) is 11.7. The minimum absolute atomic E-state index is 0.130. The average Bonchev–Trinajstić information content (AvgIpc) is 2.82. The van der Waals surface area contributed by atoms with Crippen molar-refractivity contribution >= 4 is 6.03 Å². The second kappa shape index (κ2) is 6.41. The Morgan fingerprint density at radius 1 is 1.17 bits per heavy atom. The number of piperidine rings is 1. The summed E-state index contributed by atoms with van der Waals surface area (Å²) in [4.78, 5) is 14.0. The van der Waals surface area contributed by atoms with Gasteiger partial charge < -0.3 is 15.0 Å². The highest BCUT2D eigenvalue weighted by Crippen LogP contribution is 2.19. The molecule has 1 heterocycles. The maximum atomic E-state index is 12.1. The molecule has 1 N–H and O–H groups in total. The summed E-state index contributed by atoms with van der Waals surface area (Å²) in [6.07, 6.45) is 7.38. The van der Waals surface area contributed by atoms with Gasteiger partial charge in [-0.2, -0.15) is 0 Å². The van der Waals surface area contributed by atoms with E-state index in [0.29, 0.717) is 12.1 Å². The molecule has 0 aromatic carbocycles. The van der Waals surface area contributed by atoms with E-state index in [4.69, 9.17) is 4.74 Å². The van der Waals surface area contributed by atoms with Gasteiger partial charge in [-0.1, -0.05) is 12.8 Å². The molecule has 1 aliphatic heterocycles. The van der Waals surface area contributed by atoms with Gasteiger partial charge in [-0.25, -0.2) is 4.79 Å². The van der Waals surface area contributed by atoms with Crippen LogP contribution in [-0.2, 0) is 4.74 Å². The molecule has 2 fully saturated rings. The van der Waals surface area contributed by atoms with Gasteiger partial charge in [0.25, 0.3) is 0 Å². The highest BCUT2D eigenvalue weighted by molar-refractivity contribution is 5.74. The van der Waals surface area contributed by atoms with Crippen LogP contribution in [0.3, 0.4) is 0 Å². The van der Waals surface area contributed by atoms with E-state index in [9.17, 15) is 4.79 Å². The lowest BCUT2D eigenvalue weighted by molar-refractivity contribution is -0.0211. The van der Waals surface area contributed by atoms with Crippen LogP contribution in [-0.4, -0.2) is 42.3 Å². The zero-order chi connectivity index (χ0) is 13.0. The second-order valence-electron chi connectivity index (χ2n) is 5.80. The van der Waals surface area contributed by atoms with Crippen molar-refractivity contribution in [2.45, 2.75) is 70.6 Å². The number of rotatable bonds is 3. The lowest BCUT2D eigenvalue weighted by Crippen LogP contribution is -2.48. The molecule has 0 aromatic rings. The molecule has 4 nitrogen and oxygen atoms in total. The Hall–Kier alpha value is -0.770. The first-order chi connectivity index (χ1) is 8.65. The summed E-state index contributed by atoms with van der Waals surface area (Å²) >= 11 is 0. The summed E-state index contributed by atoms with van der Waals surface area (Å²) in [5.41, 5.74) is 0. The Kier molecular flexibility index (Phi) is 4.87. The molecule has 0 spiro atoms. The third kappa shape index (κ3) is 3.87. The fourth-order valence-electron chi connectivity index (χ4n) is 2.92. The van der Waals surface area contributed by atoms with Gasteiger partial charge in [0.2, 0.25) is 0 Å². The molecule has 0 unspecified atom stereocenters. The first-order valence-electron chi connectivity index (χ1n) is 7.36. The quantitative estimate of drug-likeness (QED) is 0.841. The predicted octanol–water partition coefficient (Wildman–Crippen LogP) is 2.53. The molecule has 18 heavy (non-hydrogen) atoms. The Morgan fingerprint density at radius 3 is 2.33 bits per heavy atom. The van der Waals surface area contributed by atoms with E-state index in [1.54, 1.807) is 0 Å². The van der Waals surface area contributed by atoms with Gasteiger partial charge in [0.05, 0.1) is 12.2 Å². The molecule has 1 saturated carbocycles. The predicted molar refractivity (Wildman–Crippen MR) is 71.6 cm³/mol. The van der Waals surface area contributed by atoms with Crippen molar-refractivity contribution in [2.75, 3.05) is 13.1 Å². The Morgan fingerprint density at radius 2 is 1.78 bits per heavy atom. The van der Waals surface area contributed by atoms with Crippen LogP contribution in [0, 0.1) is 0 Å². The van der Waals surface area contributed by atoms with E-state index in [1.165, 1.54) is 12.8 Å². The number of nitrogens with one attached hydrogen (secondary N) is 1. The minimum Gasteiger partial charge on any atom is -0.375 e. The Balaban J connectivity index is 1.70. The molecule has 104 valence electrons. The maximum absolute atomic E-state index is 12.1. The van der Waals surface area contributed by atoms with E-state index < -0.39 is 0 Å². The van der Waals surface area contributed by atoms with Gasteiger partial charge in [0, 0.05) is 19.1 Å². The molecule has 1 saturated heterocycles. The fourth-order valence-corrected chi connectivity index (χ4v) is 2.92. The molecule has 4 heteroatoms. The van der Waals surface area contributed by atoms with Crippen molar-refractivity contribution in [2.24, 2.45) is 0 Å². The second-order valence-corrected chi connectivity index (χ2v) is 5.80. The number of hydrogen-bond acceptors (Lipinski definition) is 2. The summed E-state index contributed by atoms with van der Waals surface area (Å²) in [7, 11) is 0. The first kappa shape index (κ1) is 13.7. The van der Waals surface area contributed by atoms with Crippen molar-refractivity contribution in [3.63, 3.8) is 0 Å². The number of carbonyl (C=O) groups excluding carboxylic acids is 1. The monoisotopic (exact) mass is 254 g/mol. The third-order valence-electron chi connectivity index (χ3n) is 3.88. The van der Waals surface area contributed by atoms with Gasteiger partial charge in [-0.05, 0) is 39.5 Å². The topological polar surface area (TPSA) is 41.6 Å². The van der Waals surface area contributed by atoms with E-state index in [1.807, 2.05) is 4.90 Å². The van der Waals surface area contributed by atoms with Gasteiger partial charge in [0.1, 0.15) is 0 Å². The summed E-state index contributed by atoms with van der Waals surface area (Å²) in [6.45, 7) is 5.80. The van der Waals surface area contributed by atoms with Gasteiger partial charge in [-0.15, -0.1) is 0 Å². The number of hydrogen-bond donors (Lipinski definition) is 1. The largest absolute Gasteiger partial charge is 0.375 e. The van der Waals surface area contributed by atoms with Crippen molar-refractivity contribution < 1.29 is 9.53 Å². The Labute approximate surface area is 110 Å². The summed E-state index contributed by atoms with van der Waals surface area (Å²) in [6, 6.07) is 0.548. The van der Waals surface area contributed by atoms with Crippen LogP contribution in [0.2, 0.25) is 0 Å². The fraction of sp³-hybridized carbons (Fsp3) is 0.929. The Bertz CT molecular complexity index is 267. The van der Waals surface area contributed by atoms with Crippen molar-refractivity contribution in [1.82, 2.24) is 10.2 Å². The first-order valence-corrected chi connectivity index (χ1v) is 7.36. The number of urea groups is 1. The van der Waals surface area contributed by atoms with Crippen molar-refractivity contribution in [3.8, 4) is 0 Å². The van der Waals surface area contributed by atoms with E-state index in [0.717, 1.165) is 38.8 Å². The smallest absolute Gasteiger partial charge is 0.317 e. The van der Waals surface area contributed by atoms with Gasteiger partial charge in [-0.3, -0.25) is 0 Å². The summed E-state index contributed by atoms with van der Waals surface area (Å²) in [5.74, 6) is 0. The highest BCUT2D eigenvalue weighted by atomic mass is 16.5. The van der Waals surface area contributed by atoms with Crippen LogP contribution >= 0.6 is 0 Å². The normalized spacial score (nSPS) is 22.7. The van der Waals surface area contributed by atoms with Crippen LogP contribution in [0.15, 0.2) is 0 Å². The average molecular weight is 254 g/mol. The molecule has 0 radical (unpaired) electrons. The number of amides is 2. The maximum Gasteiger partial charge on any atom is 0.317 e. The van der Waals surface area contributed by atoms with Crippen LogP contribution in [0.4, 0.5) is 4.79 Å². The number of nitrogens with zero attached hydrogens (tertiary/aromatic N) is 1. The molecule has 0 bridgehead atoms. The molecule has 0 atom stereocenters. The van der Waals surface area contributed by atoms with Crippen LogP contribution in [0.25, 0.3) is 0 Å². The van der Waals surface area contributed by atoms with E-state index in [2.05, 4.69) is 19.2 Å². The van der Waals surface area contributed by atoms with E-state index in [-0.39, 0.29) is 12.1 Å². The van der Waals surface area contributed by atoms with Gasteiger partial charge in [0.15, 0.2) is 0 Å². The molecule has 0 aromatic heterocycles. The molecule has 2 rings (SSSR count). The zero-order valence-electron chi connectivity index (χ0n) is 11.7. The highest BCUT2D eigenvalue weighted by Gasteiger charge is 2.25. The van der Waals surface area contributed by atoms with Crippen molar-refractivity contribution in [1.29, 1.82) is 0 Å². The minimum atomic E-state index is 0.130. The molecule has 2 amide bonds.